The smallest absolute Gasteiger partial charge is 0.0119 e. The summed E-state index contributed by atoms with van der Waals surface area (Å²) in [4.78, 5) is 0. The Hall–Kier alpha value is -0.780. The van der Waals surface area contributed by atoms with Crippen molar-refractivity contribution >= 4 is 0 Å². The Morgan fingerprint density at radius 2 is 1.38 bits per heavy atom. The molecule has 2 rings (SSSR count). The molecule has 2 aliphatic rings. The van der Waals surface area contributed by atoms with Gasteiger partial charge in [0.05, 0.1) is 0 Å². The van der Waals surface area contributed by atoms with Crippen molar-refractivity contribution < 1.29 is 0 Å². The fourth-order valence-corrected chi connectivity index (χ4v) is 8.21. The van der Waals surface area contributed by atoms with Crippen LogP contribution in [0.4, 0.5) is 0 Å². The van der Waals surface area contributed by atoms with Crippen LogP contribution in [0.2, 0.25) is 0 Å². The highest BCUT2D eigenvalue weighted by Gasteiger charge is 2.36. The molecule has 8 atom stereocenters. The van der Waals surface area contributed by atoms with E-state index in [0.717, 1.165) is 29.6 Å². The van der Waals surface area contributed by atoms with E-state index < -0.39 is 0 Å². The van der Waals surface area contributed by atoms with Crippen molar-refractivity contribution in [3.63, 3.8) is 0 Å². The third-order valence-corrected chi connectivity index (χ3v) is 11.3. The molecule has 0 heteroatoms. The molecule has 0 heterocycles. The highest BCUT2D eigenvalue weighted by molar-refractivity contribution is 5.10. The lowest BCUT2D eigenvalue weighted by Crippen LogP contribution is -2.33. The Kier molecular flexibility index (Phi) is 15.4. The zero-order valence-electron chi connectivity index (χ0n) is 29.0. The van der Waals surface area contributed by atoms with Gasteiger partial charge in [0.15, 0.2) is 0 Å². The van der Waals surface area contributed by atoms with Gasteiger partial charge in [0, 0.05) is 0 Å². The number of hydrogen-bond donors (Lipinski definition) is 0. The largest absolute Gasteiger partial charge is 0.0883 e. The van der Waals surface area contributed by atoms with Gasteiger partial charge in [-0.3, -0.25) is 0 Å². The molecule has 0 saturated heterocycles. The van der Waals surface area contributed by atoms with Gasteiger partial charge in [-0.05, 0) is 96.7 Å². The van der Waals surface area contributed by atoms with Crippen LogP contribution in [0.25, 0.3) is 0 Å². The first-order chi connectivity index (χ1) is 18.8. The average molecular weight is 553 g/mol. The summed E-state index contributed by atoms with van der Waals surface area (Å²) in [5, 5.41) is 0. The van der Waals surface area contributed by atoms with E-state index in [9.17, 15) is 0 Å². The molecule has 0 amide bonds. The van der Waals surface area contributed by atoms with Crippen LogP contribution >= 0.6 is 0 Å². The molecule has 1 saturated carbocycles. The predicted octanol–water partition coefficient (Wildman–Crippen LogP) is 13.2. The van der Waals surface area contributed by atoms with Crippen LogP contribution in [-0.2, 0) is 0 Å². The van der Waals surface area contributed by atoms with Crippen LogP contribution in [0.5, 0.6) is 0 Å². The van der Waals surface area contributed by atoms with Crippen LogP contribution in [0.15, 0.2) is 36.5 Å². The van der Waals surface area contributed by atoms with Gasteiger partial charge in [0.2, 0.25) is 0 Å². The van der Waals surface area contributed by atoms with E-state index in [1.54, 1.807) is 0 Å². The van der Waals surface area contributed by atoms with Crippen LogP contribution in [0.1, 0.15) is 159 Å². The van der Waals surface area contributed by atoms with Crippen LogP contribution in [0.3, 0.4) is 0 Å². The summed E-state index contributed by atoms with van der Waals surface area (Å²) < 4.78 is 0. The molecule has 0 aliphatic heterocycles. The van der Waals surface area contributed by atoms with Gasteiger partial charge in [0.1, 0.15) is 0 Å². The number of rotatable bonds is 17. The SMILES string of the molecule is C[C@H](CCC[C@H](C)C/C=C/C[C@H](C)CCC[C@@H](C)/C=C/[C@@H]1[C@H](C)C=CCC1(C)C)CC[C@H]1[C@H](C)CCCC1(C)C. The molecule has 40 heavy (non-hydrogen) atoms. The Bertz CT molecular complexity index is 763. The molecule has 0 aromatic carbocycles. The molecule has 0 spiro atoms. The van der Waals surface area contributed by atoms with Gasteiger partial charge in [-0.1, -0.05) is 157 Å². The minimum absolute atomic E-state index is 0.395. The summed E-state index contributed by atoms with van der Waals surface area (Å²) in [7, 11) is 0. The summed E-state index contributed by atoms with van der Waals surface area (Å²) in [5.74, 6) is 6.44. The molecule has 0 N–H and O–H groups in total. The zero-order valence-corrected chi connectivity index (χ0v) is 29.0. The number of allylic oxidation sites excluding steroid dienone is 6. The average Bonchev–Trinajstić information content (AvgIpc) is 2.85. The zero-order chi connectivity index (χ0) is 29.8. The van der Waals surface area contributed by atoms with E-state index in [-0.39, 0.29) is 0 Å². The van der Waals surface area contributed by atoms with E-state index in [2.05, 4.69) is 106 Å². The molecule has 0 bridgehead atoms. The van der Waals surface area contributed by atoms with E-state index in [1.165, 1.54) is 89.9 Å². The fraction of sp³-hybridized carbons (Fsp3) is 0.850. The third-order valence-electron chi connectivity index (χ3n) is 11.3. The van der Waals surface area contributed by atoms with E-state index in [1.807, 2.05) is 0 Å². The summed E-state index contributed by atoms with van der Waals surface area (Å²) in [6.07, 6.45) is 34.1. The normalized spacial score (nSPS) is 29.6. The lowest BCUT2D eigenvalue weighted by Gasteiger charge is -2.43. The Morgan fingerprint density at radius 3 is 1.98 bits per heavy atom. The molecule has 0 aromatic rings. The first kappa shape index (κ1) is 35.4. The van der Waals surface area contributed by atoms with Gasteiger partial charge < -0.3 is 0 Å². The lowest BCUT2D eigenvalue weighted by molar-refractivity contribution is 0.0706. The van der Waals surface area contributed by atoms with Crippen molar-refractivity contribution in [3.05, 3.63) is 36.5 Å². The lowest BCUT2D eigenvalue weighted by atomic mass is 9.62. The molecule has 0 radical (unpaired) electrons. The maximum Gasteiger partial charge on any atom is -0.0119 e. The summed E-state index contributed by atoms with van der Waals surface area (Å²) in [6, 6.07) is 0. The summed E-state index contributed by atoms with van der Waals surface area (Å²) in [5.41, 5.74) is 0.959. The van der Waals surface area contributed by atoms with Crippen LogP contribution < -0.4 is 0 Å². The highest BCUT2D eigenvalue weighted by atomic mass is 14.4. The van der Waals surface area contributed by atoms with Crippen molar-refractivity contribution in [2.24, 2.45) is 58.2 Å². The fourth-order valence-electron chi connectivity index (χ4n) is 8.21. The quantitative estimate of drug-likeness (QED) is 0.157. The number of hydrogen-bond acceptors (Lipinski definition) is 0. The van der Waals surface area contributed by atoms with Gasteiger partial charge in [-0.15, -0.1) is 0 Å². The molecule has 0 unspecified atom stereocenters. The molecule has 0 aromatic heterocycles. The van der Waals surface area contributed by atoms with Crippen LogP contribution in [-0.4, -0.2) is 0 Å². The molecule has 232 valence electrons. The maximum absolute atomic E-state index is 2.55. The Labute approximate surface area is 253 Å². The van der Waals surface area contributed by atoms with Crippen molar-refractivity contribution in [1.29, 1.82) is 0 Å². The van der Waals surface area contributed by atoms with Crippen LogP contribution in [0, 0.1) is 58.2 Å². The Balaban J connectivity index is 1.53. The maximum atomic E-state index is 2.55. The second-order valence-electron chi connectivity index (χ2n) is 16.5. The van der Waals surface area contributed by atoms with Gasteiger partial charge >= 0.3 is 0 Å². The molecule has 2 aliphatic carbocycles. The van der Waals surface area contributed by atoms with Crippen molar-refractivity contribution in [2.75, 3.05) is 0 Å². The third kappa shape index (κ3) is 12.6. The second kappa shape index (κ2) is 17.4. The standard InChI is InChI=1S/C40H72/c1-31(19-13-21-33(3)25-27-37-35(5)23-15-29-39(37,7)8)17-11-12-18-32(2)20-14-22-34(4)26-28-38-36(6)24-16-30-40(38,9)10/h11-12,15,23,25,27,31-38H,13-14,16-22,24,26,28-30H2,1-10H3/b12-11+,27-25+/t31-,32+,33+,34+,35+,36+,37+,38-/m0/s1. The van der Waals surface area contributed by atoms with Crippen molar-refractivity contribution in [3.8, 4) is 0 Å². The summed E-state index contributed by atoms with van der Waals surface area (Å²) in [6.45, 7) is 24.7. The predicted molar refractivity (Wildman–Crippen MR) is 182 cm³/mol. The van der Waals surface area contributed by atoms with E-state index >= 15 is 0 Å². The van der Waals surface area contributed by atoms with E-state index in [0.29, 0.717) is 28.6 Å². The first-order valence-corrected chi connectivity index (χ1v) is 17.8. The van der Waals surface area contributed by atoms with E-state index in [4.69, 9.17) is 0 Å². The van der Waals surface area contributed by atoms with Crippen molar-refractivity contribution in [1.82, 2.24) is 0 Å². The van der Waals surface area contributed by atoms with Gasteiger partial charge in [-0.25, -0.2) is 0 Å². The van der Waals surface area contributed by atoms with Gasteiger partial charge in [-0.2, -0.15) is 0 Å². The monoisotopic (exact) mass is 553 g/mol. The molecular formula is C40H72. The Morgan fingerprint density at radius 1 is 0.775 bits per heavy atom. The topological polar surface area (TPSA) is 0 Å². The summed E-state index contributed by atoms with van der Waals surface area (Å²) >= 11 is 0. The first-order valence-electron chi connectivity index (χ1n) is 17.8. The van der Waals surface area contributed by atoms with Gasteiger partial charge in [0.25, 0.3) is 0 Å². The molecular weight excluding hydrogens is 480 g/mol. The minimum Gasteiger partial charge on any atom is -0.0883 e. The van der Waals surface area contributed by atoms with Crippen molar-refractivity contribution in [2.45, 2.75) is 159 Å². The molecule has 1 fully saturated rings. The minimum atomic E-state index is 0.395. The second-order valence-corrected chi connectivity index (χ2v) is 16.5. The molecule has 0 nitrogen and oxygen atoms in total. The highest BCUT2D eigenvalue weighted by Crippen LogP contribution is 2.46.